The lowest BCUT2D eigenvalue weighted by Crippen LogP contribution is -2.46. The predicted molar refractivity (Wildman–Crippen MR) is 132 cm³/mol. The van der Waals surface area contributed by atoms with Crippen LogP contribution in [0.1, 0.15) is 47.9 Å². The van der Waals surface area contributed by atoms with Gasteiger partial charge in [-0.05, 0) is 61.1 Å². The molecule has 4 rings (SSSR count). The van der Waals surface area contributed by atoms with E-state index >= 15 is 0 Å². The van der Waals surface area contributed by atoms with E-state index in [4.69, 9.17) is 16.3 Å². The van der Waals surface area contributed by atoms with Gasteiger partial charge in [0.25, 0.3) is 0 Å². The molecule has 2 aromatic rings. The molecule has 1 aliphatic carbocycles. The fourth-order valence-electron chi connectivity index (χ4n) is 4.77. The van der Waals surface area contributed by atoms with Crippen LogP contribution in [0, 0.1) is 19.8 Å². The van der Waals surface area contributed by atoms with E-state index in [-0.39, 0.29) is 49.8 Å². The number of rotatable bonds is 10. The standard InChI is InChI=1S/C27H31ClN2O5/c1-17-11-19(3-5-23(17)28)15-29(22-13-21(14-22)27(33)34)16-20-4-6-24(18(2)12-20)35-10-9-30-25(31)7-8-26(30)32/h3-6,11-12,21-22H,7-10,13-16H2,1-2H3,(H,33,34). The van der Waals surface area contributed by atoms with E-state index in [9.17, 15) is 19.5 Å². The van der Waals surface area contributed by atoms with Crippen LogP contribution in [0.2, 0.25) is 5.02 Å². The summed E-state index contributed by atoms with van der Waals surface area (Å²) >= 11 is 6.19. The lowest BCUT2D eigenvalue weighted by atomic mass is 9.79. The molecule has 0 atom stereocenters. The van der Waals surface area contributed by atoms with Crippen molar-refractivity contribution in [3.05, 3.63) is 63.7 Å². The minimum Gasteiger partial charge on any atom is -0.491 e. The van der Waals surface area contributed by atoms with Crippen molar-refractivity contribution in [2.24, 2.45) is 5.92 Å². The summed E-state index contributed by atoms with van der Waals surface area (Å²) in [6.45, 7) is 5.89. The topological polar surface area (TPSA) is 87.2 Å². The van der Waals surface area contributed by atoms with E-state index in [1.54, 1.807) is 0 Å². The number of carboxylic acid groups (broad SMARTS) is 1. The van der Waals surface area contributed by atoms with Crippen LogP contribution < -0.4 is 4.74 Å². The van der Waals surface area contributed by atoms with E-state index in [1.165, 1.54) is 4.90 Å². The summed E-state index contributed by atoms with van der Waals surface area (Å²) in [6, 6.07) is 12.2. The predicted octanol–water partition coefficient (Wildman–Crippen LogP) is 4.35. The summed E-state index contributed by atoms with van der Waals surface area (Å²) in [4.78, 5) is 38.5. The van der Waals surface area contributed by atoms with Crippen molar-refractivity contribution < 1.29 is 24.2 Å². The van der Waals surface area contributed by atoms with Gasteiger partial charge >= 0.3 is 5.97 Å². The summed E-state index contributed by atoms with van der Waals surface area (Å²) in [6.07, 6.45) is 1.87. The summed E-state index contributed by atoms with van der Waals surface area (Å²) in [5.74, 6) is -0.549. The molecule has 1 aliphatic heterocycles. The molecule has 2 aromatic carbocycles. The molecule has 1 heterocycles. The first kappa shape index (κ1) is 25.2. The van der Waals surface area contributed by atoms with Crippen molar-refractivity contribution in [1.82, 2.24) is 9.80 Å². The lowest BCUT2D eigenvalue weighted by molar-refractivity contribution is -0.147. The van der Waals surface area contributed by atoms with Crippen molar-refractivity contribution in [2.75, 3.05) is 13.2 Å². The molecule has 0 radical (unpaired) electrons. The Morgan fingerprint density at radius 1 is 1.03 bits per heavy atom. The molecule has 35 heavy (non-hydrogen) atoms. The molecule has 0 spiro atoms. The number of hydrogen-bond acceptors (Lipinski definition) is 5. The van der Waals surface area contributed by atoms with Gasteiger partial charge in [-0.25, -0.2) is 0 Å². The number of aryl methyl sites for hydroxylation is 2. The van der Waals surface area contributed by atoms with Crippen LogP contribution in [0.15, 0.2) is 36.4 Å². The Bertz CT molecular complexity index is 1110. The summed E-state index contributed by atoms with van der Waals surface area (Å²) in [5.41, 5.74) is 4.26. The number of likely N-dealkylation sites (tertiary alicyclic amines) is 1. The average Bonchev–Trinajstić information content (AvgIpc) is 3.08. The van der Waals surface area contributed by atoms with Crippen molar-refractivity contribution in [3.8, 4) is 5.75 Å². The Kier molecular flexibility index (Phi) is 7.77. The van der Waals surface area contributed by atoms with Crippen LogP contribution >= 0.6 is 11.6 Å². The molecular formula is C27H31ClN2O5. The summed E-state index contributed by atoms with van der Waals surface area (Å²) in [7, 11) is 0. The quantitative estimate of drug-likeness (QED) is 0.490. The zero-order valence-corrected chi connectivity index (χ0v) is 20.9. The van der Waals surface area contributed by atoms with Gasteiger partial charge in [0.1, 0.15) is 12.4 Å². The summed E-state index contributed by atoms with van der Waals surface area (Å²) in [5, 5.41) is 10.1. The van der Waals surface area contributed by atoms with Crippen molar-refractivity contribution in [1.29, 1.82) is 0 Å². The zero-order valence-electron chi connectivity index (χ0n) is 20.1. The molecule has 186 valence electrons. The molecule has 0 bridgehead atoms. The lowest BCUT2D eigenvalue weighted by Gasteiger charge is -2.41. The van der Waals surface area contributed by atoms with Gasteiger partial charge < -0.3 is 9.84 Å². The molecule has 1 saturated heterocycles. The molecule has 2 fully saturated rings. The zero-order chi connectivity index (χ0) is 25.1. The SMILES string of the molecule is Cc1cc(CN(Cc2ccc(OCCN3C(=O)CCC3=O)c(C)c2)C2CC(C(=O)O)C2)ccc1Cl. The molecule has 7 nitrogen and oxygen atoms in total. The van der Waals surface area contributed by atoms with Crippen LogP contribution in [0.3, 0.4) is 0 Å². The van der Waals surface area contributed by atoms with E-state index in [0.29, 0.717) is 25.9 Å². The van der Waals surface area contributed by atoms with Gasteiger partial charge in [0, 0.05) is 37.0 Å². The number of benzene rings is 2. The van der Waals surface area contributed by atoms with Crippen LogP contribution in [-0.4, -0.2) is 51.9 Å². The van der Waals surface area contributed by atoms with Gasteiger partial charge in [-0.15, -0.1) is 0 Å². The van der Waals surface area contributed by atoms with Crippen LogP contribution in [0.25, 0.3) is 0 Å². The van der Waals surface area contributed by atoms with Gasteiger partial charge in [0.15, 0.2) is 0 Å². The van der Waals surface area contributed by atoms with Gasteiger partial charge in [0.05, 0.1) is 12.5 Å². The smallest absolute Gasteiger partial charge is 0.306 e. The highest BCUT2D eigenvalue weighted by Gasteiger charge is 2.38. The first-order valence-corrected chi connectivity index (χ1v) is 12.4. The van der Waals surface area contributed by atoms with Crippen molar-refractivity contribution in [3.63, 3.8) is 0 Å². The third-order valence-electron chi connectivity index (χ3n) is 6.94. The number of nitrogens with zero attached hydrogens (tertiary/aromatic N) is 2. The number of aliphatic carboxylic acids is 1. The van der Waals surface area contributed by atoms with Crippen LogP contribution in [-0.2, 0) is 27.5 Å². The first-order valence-electron chi connectivity index (χ1n) is 12.0. The molecule has 2 amide bonds. The Hall–Kier alpha value is -2.90. The van der Waals surface area contributed by atoms with Gasteiger partial charge in [-0.1, -0.05) is 35.9 Å². The average molecular weight is 499 g/mol. The maximum Gasteiger partial charge on any atom is 0.306 e. The second-order valence-corrected chi connectivity index (χ2v) is 9.94. The monoisotopic (exact) mass is 498 g/mol. The fraction of sp³-hybridized carbons (Fsp3) is 0.444. The van der Waals surface area contributed by atoms with E-state index in [2.05, 4.69) is 17.0 Å². The Labute approximate surface area is 210 Å². The van der Waals surface area contributed by atoms with E-state index in [1.807, 2.05) is 38.1 Å². The number of carbonyl (C=O) groups excluding carboxylic acids is 2. The number of ether oxygens (including phenoxy) is 1. The number of halogens is 1. The number of amides is 2. The third kappa shape index (κ3) is 6.03. The fourth-order valence-corrected chi connectivity index (χ4v) is 4.88. The maximum absolute atomic E-state index is 11.8. The van der Waals surface area contributed by atoms with Gasteiger partial charge in [-0.3, -0.25) is 24.2 Å². The molecular weight excluding hydrogens is 468 g/mol. The largest absolute Gasteiger partial charge is 0.491 e. The Morgan fingerprint density at radius 3 is 2.20 bits per heavy atom. The Balaban J connectivity index is 1.40. The Morgan fingerprint density at radius 2 is 1.63 bits per heavy atom. The minimum atomic E-state index is -0.724. The van der Waals surface area contributed by atoms with Gasteiger partial charge in [0.2, 0.25) is 11.8 Å². The molecule has 0 unspecified atom stereocenters. The number of carboxylic acids is 1. The molecule has 0 aromatic heterocycles. The molecule has 1 N–H and O–H groups in total. The highest BCUT2D eigenvalue weighted by molar-refractivity contribution is 6.31. The number of imide groups is 1. The van der Waals surface area contributed by atoms with Crippen LogP contribution in [0.4, 0.5) is 0 Å². The highest BCUT2D eigenvalue weighted by Crippen LogP contribution is 2.34. The second-order valence-electron chi connectivity index (χ2n) is 9.54. The van der Waals surface area contributed by atoms with Crippen LogP contribution in [0.5, 0.6) is 5.75 Å². The molecule has 8 heteroatoms. The van der Waals surface area contributed by atoms with E-state index in [0.717, 1.165) is 33.0 Å². The van der Waals surface area contributed by atoms with E-state index < -0.39 is 5.97 Å². The highest BCUT2D eigenvalue weighted by atomic mass is 35.5. The maximum atomic E-state index is 11.8. The third-order valence-corrected chi connectivity index (χ3v) is 7.36. The number of carbonyl (C=O) groups is 3. The van der Waals surface area contributed by atoms with Crippen molar-refractivity contribution >= 4 is 29.4 Å². The molecule has 2 aliphatic rings. The number of hydrogen-bond donors (Lipinski definition) is 1. The minimum absolute atomic E-state index is 0.136. The van der Waals surface area contributed by atoms with Crippen molar-refractivity contribution in [2.45, 2.75) is 58.7 Å². The molecule has 1 saturated carbocycles. The normalized spacial score (nSPS) is 19.8. The summed E-state index contributed by atoms with van der Waals surface area (Å²) < 4.78 is 5.86. The van der Waals surface area contributed by atoms with Gasteiger partial charge in [-0.2, -0.15) is 0 Å². The first-order chi connectivity index (χ1) is 16.7. The second kappa shape index (κ2) is 10.8.